The van der Waals surface area contributed by atoms with Crippen molar-refractivity contribution in [1.82, 2.24) is 0 Å². The van der Waals surface area contributed by atoms with Crippen LogP contribution in [0.4, 0.5) is 0 Å². The van der Waals surface area contributed by atoms with Gasteiger partial charge in [0.05, 0.1) is 11.7 Å². The van der Waals surface area contributed by atoms with Crippen molar-refractivity contribution in [2.45, 2.75) is 70.8 Å². The van der Waals surface area contributed by atoms with Crippen LogP contribution >= 0.6 is 0 Å². The molecule has 2 N–H and O–H groups in total. The van der Waals surface area contributed by atoms with Crippen LogP contribution in [0.1, 0.15) is 80.6 Å². The first-order chi connectivity index (χ1) is 12.1. The lowest BCUT2D eigenvalue weighted by Crippen LogP contribution is -2.07. The van der Waals surface area contributed by atoms with Gasteiger partial charge in [0.25, 0.3) is 0 Å². The van der Waals surface area contributed by atoms with Crippen molar-refractivity contribution in [2.75, 3.05) is 0 Å². The van der Waals surface area contributed by atoms with Crippen molar-refractivity contribution in [3.05, 3.63) is 59.7 Å². The van der Waals surface area contributed by atoms with E-state index in [9.17, 15) is 15.0 Å². The Kier molecular flexibility index (Phi) is 10.6. The van der Waals surface area contributed by atoms with Gasteiger partial charge in [0, 0.05) is 0 Å². The van der Waals surface area contributed by atoms with Gasteiger partial charge in [-0.1, -0.05) is 62.3 Å². The molecule has 0 heterocycles. The van der Waals surface area contributed by atoms with Gasteiger partial charge in [0.15, 0.2) is 0 Å². The first-order valence-corrected chi connectivity index (χ1v) is 9.38. The van der Waals surface area contributed by atoms with Crippen LogP contribution in [0.2, 0.25) is 0 Å². The molecule has 1 aromatic carbocycles. The lowest BCUT2D eigenvalue weighted by molar-refractivity contribution is 0.0695. The zero-order chi connectivity index (χ0) is 18.5. The summed E-state index contributed by atoms with van der Waals surface area (Å²) in [6.45, 7) is 3.97. The van der Waals surface area contributed by atoms with Gasteiger partial charge in [0.2, 0.25) is 0 Å². The molecule has 1 rings (SSSR count). The van der Waals surface area contributed by atoms with E-state index < -0.39 is 5.97 Å². The molecule has 0 aliphatic heterocycles. The summed E-state index contributed by atoms with van der Waals surface area (Å²) in [4.78, 5) is 11.5. The van der Waals surface area contributed by atoms with E-state index in [-0.39, 0.29) is 12.0 Å². The van der Waals surface area contributed by atoms with Gasteiger partial charge >= 0.3 is 5.97 Å². The van der Waals surface area contributed by atoms with Crippen LogP contribution in [0, 0.1) is 0 Å². The molecule has 0 aliphatic carbocycles. The van der Waals surface area contributed by atoms with E-state index in [0.29, 0.717) is 5.56 Å². The molecule has 0 aliphatic rings. The molecule has 0 fully saturated rings. The average molecular weight is 344 g/mol. The fourth-order valence-corrected chi connectivity index (χ4v) is 2.93. The summed E-state index contributed by atoms with van der Waals surface area (Å²) in [6, 6.07) is 7.36. The number of rotatable bonds is 12. The van der Waals surface area contributed by atoms with Crippen molar-refractivity contribution in [2.24, 2.45) is 0 Å². The van der Waals surface area contributed by atoms with E-state index in [2.05, 4.69) is 19.1 Å². The van der Waals surface area contributed by atoms with Crippen LogP contribution in [-0.4, -0.2) is 22.3 Å². The molecule has 2 unspecified atom stereocenters. The van der Waals surface area contributed by atoms with Crippen LogP contribution in [0.3, 0.4) is 0 Å². The number of aliphatic hydroxyl groups is 1. The Morgan fingerprint density at radius 2 is 1.84 bits per heavy atom. The maximum absolute atomic E-state index is 11.5. The largest absolute Gasteiger partial charge is 0.478 e. The summed E-state index contributed by atoms with van der Waals surface area (Å²) < 4.78 is 0. The van der Waals surface area contributed by atoms with Gasteiger partial charge < -0.3 is 10.2 Å². The number of aliphatic hydroxyl groups excluding tert-OH is 1. The molecule has 0 amide bonds. The van der Waals surface area contributed by atoms with Crippen LogP contribution in [-0.2, 0) is 0 Å². The fraction of sp³-hybridized carbons (Fsp3) is 0.500. The van der Waals surface area contributed by atoms with E-state index in [1.165, 1.54) is 0 Å². The number of carboxylic acid groups (broad SMARTS) is 1. The molecule has 0 bridgehead atoms. The number of allylic oxidation sites excluding steroid dienone is 4. The number of unbranched alkanes of at least 4 members (excludes halogenated alkanes) is 2. The number of benzene rings is 1. The van der Waals surface area contributed by atoms with Crippen molar-refractivity contribution in [1.29, 1.82) is 0 Å². The third-order valence-electron chi connectivity index (χ3n) is 4.33. The molecule has 0 spiro atoms. The second-order valence-corrected chi connectivity index (χ2v) is 6.60. The average Bonchev–Trinajstić information content (AvgIpc) is 2.59. The maximum atomic E-state index is 11.5. The Hall–Kier alpha value is -1.87. The Morgan fingerprint density at radius 1 is 1.12 bits per heavy atom. The smallest absolute Gasteiger partial charge is 0.335 e. The Morgan fingerprint density at radius 3 is 2.52 bits per heavy atom. The van der Waals surface area contributed by atoms with E-state index in [1.54, 1.807) is 12.1 Å². The predicted octanol–water partition coefficient (Wildman–Crippen LogP) is 5.71. The second-order valence-electron chi connectivity index (χ2n) is 6.60. The van der Waals surface area contributed by atoms with E-state index >= 15 is 0 Å². The maximum Gasteiger partial charge on any atom is 0.335 e. The van der Waals surface area contributed by atoms with Gasteiger partial charge in [-0.2, -0.15) is 0 Å². The third kappa shape index (κ3) is 8.69. The normalized spacial score (nSPS) is 14.2. The number of aromatic carboxylic acids is 1. The Bertz CT molecular complexity index is 558. The summed E-state index contributed by atoms with van der Waals surface area (Å²) in [6.07, 6.45) is 15.0. The monoisotopic (exact) mass is 344 g/mol. The molecule has 25 heavy (non-hydrogen) atoms. The third-order valence-corrected chi connectivity index (χ3v) is 4.33. The molecule has 138 valence electrons. The molecular weight excluding hydrogens is 312 g/mol. The van der Waals surface area contributed by atoms with Crippen LogP contribution in [0.5, 0.6) is 0 Å². The highest BCUT2D eigenvalue weighted by molar-refractivity contribution is 5.89. The first kappa shape index (κ1) is 21.2. The van der Waals surface area contributed by atoms with Crippen LogP contribution in [0.25, 0.3) is 0 Å². The standard InChI is InChI=1S/C22H32O3/c1-3-4-14-19(20-16-11-12-17-21(20)22(24)25)15-10-8-6-5-7-9-13-18(2)23/h5-6,8,10-12,16-19,23H,3-4,7,9,13-15H2,1-2H3,(H,24,25). The minimum Gasteiger partial charge on any atom is -0.478 e. The highest BCUT2D eigenvalue weighted by Gasteiger charge is 2.17. The van der Waals surface area contributed by atoms with Crippen molar-refractivity contribution in [3.8, 4) is 0 Å². The van der Waals surface area contributed by atoms with Crippen LogP contribution < -0.4 is 0 Å². The van der Waals surface area contributed by atoms with Crippen molar-refractivity contribution in [3.63, 3.8) is 0 Å². The lowest BCUT2D eigenvalue weighted by Gasteiger charge is -2.17. The van der Waals surface area contributed by atoms with Crippen molar-refractivity contribution < 1.29 is 15.0 Å². The topological polar surface area (TPSA) is 57.5 Å². The highest BCUT2D eigenvalue weighted by atomic mass is 16.4. The second kappa shape index (κ2) is 12.5. The summed E-state index contributed by atoms with van der Waals surface area (Å²) in [7, 11) is 0. The quantitative estimate of drug-likeness (QED) is 0.377. The van der Waals surface area contributed by atoms with Crippen LogP contribution in [0.15, 0.2) is 48.6 Å². The van der Waals surface area contributed by atoms with Gasteiger partial charge in [-0.3, -0.25) is 0 Å². The molecule has 2 atom stereocenters. The molecule has 1 aromatic rings. The summed E-state index contributed by atoms with van der Waals surface area (Å²) in [5, 5.41) is 18.6. The van der Waals surface area contributed by atoms with E-state index in [1.807, 2.05) is 31.2 Å². The van der Waals surface area contributed by atoms with E-state index in [0.717, 1.165) is 50.5 Å². The van der Waals surface area contributed by atoms with Gasteiger partial charge in [-0.15, -0.1) is 0 Å². The Labute approximate surface area is 152 Å². The molecule has 0 saturated carbocycles. The zero-order valence-electron chi connectivity index (χ0n) is 15.5. The number of hydrogen-bond donors (Lipinski definition) is 2. The van der Waals surface area contributed by atoms with Gasteiger partial charge in [0.1, 0.15) is 0 Å². The van der Waals surface area contributed by atoms with Crippen molar-refractivity contribution >= 4 is 5.97 Å². The zero-order valence-corrected chi connectivity index (χ0v) is 15.5. The molecule has 0 aromatic heterocycles. The summed E-state index contributed by atoms with van der Waals surface area (Å²) in [5.41, 5.74) is 1.36. The summed E-state index contributed by atoms with van der Waals surface area (Å²) >= 11 is 0. The van der Waals surface area contributed by atoms with Gasteiger partial charge in [-0.05, 0) is 56.6 Å². The fourth-order valence-electron chi connectivity index (χ4n) is 2.93. The minimum atomic E-state index is -0.848. The summed E-state index contributed by atoms with van der Waals surface area (Å²) in [5.74, 6) is -0.605. The van der Waals surface area contributed by atoms with E-state index in [4.69, 9.17) is 0 Å². The number of hydrogen-bond acceptors (Lipinski definition) is 2. The molecule has 0 saturated heterocycles. The SMILES string of the molecule is CCCCC(CC=CC=CCCCC(C)O)c1ccccc1C(=O)O. The number of carbonyl (C=O) groups is 1. The highest BCUT2D eigenvalue weighted by Crippen LogP contribution is 2.29. The molecule has 3 nitrogen and oxygen atoms in total. The Balaban J connectivity index is 2.64. The first-order valence-electron chi connectivity index (χ1n) is 9.38. The minimum absolute atomic E-state index is 0.224. The molecule has 0 radical (unpaired) electrons. The number of carboxylic acids is 1. The lowest BCUT2D eigenvalue weighted by atomic mass is 9.87. The molecule has 3 heteroatoms. The van der Waals surface area contributed by atoms with Gasteiger partial charge in [-0.25, -0.2) is 4.79 Å². The predicted molar refractivity (Wildman–Crippen MR) is 104 cm³/mol. The molecular formula is C22H32O3.